The second-order valence-electron chi connectivity index (χ2n) is 5.16. The van der Waals surface area contributed by atoms with Crippen LogP contribution in [-0.2, 0) is 19.1 Å². The van der Waals surface area contributed by atoms with Crippen molar-refractivity contribution in [1.29, 1.82) is 0 Å². The van der Waals surface area contributed by atoms with Crippen molar-refractivity contribution >= 4 is 18.2 Å². The lowest BCUT2D eigenvalue weighted by Gasteiger charge is -2.17. The summed E-state index contributed by atoms with van der Waals surface area (Å²) in [5.74, 6) is -1.35. The Labute approximate surface area is 115 Å². The number of carbonyl (C=O) groups is 3. The zero-order valence-electron chi connectivity index (χ0n) is 10.7. The van der Waals surface area contributed by atoms with E-state index >= 15 is 0 Å². The SMILES string of the molecule is O=CC1[C@H]2CC(=O)O[C@@H]2C[C@H]1OC(=O)c1ccccc1. The van der Waals surface area contributed by atoms with Gasteiger partial charge in [-0.3, -0.25) is 4.79 Å². The second kappa shape index (κ2) is 5.07. The number of ether oxygens (including phenoxy) is 2. The Hall–Kier alpha value is -2.17. The topological polar surface area (TPSA) is 69.7 Å². The summed E-state index contributed by atoms with van der Waals surface area (Å²) in [4.78, 5) is 34.4. The van der Waals surface area contributed by atoms with Gasteiger partial charge in [0, 0.05) is 12.3 Å². The van der Waals surface area contributed by atoms with Gasteiger partial charge < -0.3 is 14.3 Å². The average molecular weight is 274 g/mol. The fraction of sp³-hybridized carbons (Fsp3) is 0.400. The smallest absolute Gasteiger partial charge is 0.338 e. The summed E-state index contributed by atoms with van der Waals surface area (Å²) in [6.07, 6.45) is 0.594. The molecule has 0 spiro atoms. The number of aldehydes is 1. The van der Waals surface area contributed by atoms with Crippen molar-refractivity contribution in [2.45, 2.75) is 25.0 Å². The fourth-order valence-corrected chi connectivity index (χ4v) is 2.99. The quantitative estimate of drug-likeness (QED) is 0.615. The maximum atomic E-state index is 12.0. The number of fused-ring (bicyclic) bond motifs is 1. The summed E-state index contributed by atoms with van der Waals surface area (Å²) in [6.45, 7) is 0. The molecule has 0 bridgehead atoms. The molecule has 20 heavy (non-hydrogen) atoms. The van der Waals surface area contributed by atoms with Crippen molar-refractivity contribution in [2.75, 3.05) is 0 Å². The highest BCUT2D eigenvalue weighted by Crippen LogP contribution is 2.41. The van der Waals surface area contributed by atoms with Crippen LogP contribution >= 0.6 is 0 Å². The summed E-state index contributed by atoms with van der Waals surface area (Å²) in [7, 11) is 0. The van der Waals surface area contributed by atoms with Crippen molar-refractivity contribution in [2.24, 2.45) is 11.8 Å². The molecule has 1 unspecified atom stereocenters. The molecule has 2 aliphatic rings. The van der Waals surface area contributed by atoms with E-state index < -0.39 is 18.0 Å². The molecule has 1 aliphatic carbocycles. The number of carbonyl (C=O) groups excluding carboxylic acids is 3. The van der Waals surface area contributed by atoms with Gasteiger partial charge in [-0.05, 0) is 12.1 Å². The van der Waals surface area contributed by atoms with Gasteiger partial charge in [0.05, 0.1) is 17.9 Å². The number of rotatable bonds is 3. The van der Waals surface area contributed by atoms with E-state index in [9.17, 15) is 14.4 Å². The van der Waals surface area contributed by atoms with E-state index in [2.05, 4.69) is 0 Å². The molecule has 0 aromatic heterocycles. The van der Waals surface area contributed by atoms with Crippen LogP contribution in [0.3, 0.4) is 0 Å². The number of hydrogen-bond acceptors (Lipinski definition) is 5. The van der Waals surface area contributed by atoms with Gasteiger partial charge in [0.25, 0.3) is 0 Å². The Morgan fingerprint density at radius 3 is 2.75 bits per heavy atom. The number of benzene rings is 1. The summed E-state index contributed by atoms with van der Waals surface area (Å²) in [5.41, 5.74) is 0.450. The molecule has 4 atom stereocenters. The monoisotopic (exact) mass is 274 g/mol. The molecule has 5 heteroatoms. The zero-order valence-corrected chi connectivity index (χ0v) is 10.7. The molecule has 0 amide bonds. The van der Waals surface area contributed by atoms with Gasteiger partial charge in [0.1, 0.15) is 18.5 Å². The van der Waals surface area contributed by atoms with E-state index in [1.165, 1.54) is 0 Å². The molecule has 0 radical (unpaired) electrons. The van der Waals surface area contributed by atoms with Crippen LogP contribution in [0.4, 0.5) is 0 Å². The molecule has 1 aliphatic heterocycles. The highest BCUT2D eigenvalue weighted by atomic mass is 16.6. The van der Waals surface area contributed by atoms with Gasteiger partial charge >= 0.3 is 11.9 Å². The third-order valence-corrected chi connectivity index (χ3v) is 3.98. The van der Waals surface area contributed by atoms with Crippen LogP contribution in [0, 0.1) is 11.8 Å². The Bertz CT molecular complexity index is 538. The lowest BCUT2D eigenvalue weighted by molar-refractivity contribution is -0.141. The summed E-state index contributed by atoms with van der Waals surface area (Å²) >= 11 is 0. The molecule has 3 rings (SSSR count). The minimum Gasteiger partial charge on any atom is -0.462 e. The van der Waals surface area contributed by atoms with E-state index in [-0.39, 0.29) is 24.4 Å². The minimum absolute atomic E-state index is 0.159. The predicted molar refractivity (Wildman–Crippen MR) is 67.8 cm³/mol. The fourth-order valence-electron chi connectivity index (χ4n) is 2.99. The Morgan fingerprint density at radius 1 is 1.30 bits per heavy atom. The molecule has 0 N–H and O–H groups in total. The predicted octanol–water partition coefficient (Wildman–Crippen LogP) is 1.36. The third kappa shape index (κ3) is 2.19. The van der Waals surface area contributed by atoms with Crippen molar-refractivity contribution in [1.82, 2.24) is 0 Å². The molecule has 5 nitrogen and oxygen atoms in total. The van der Waals surface area contributed by atoms with Gasteiger partial charge in [0.2, 0.25) is 0 Å². The highest BCUT2D eigenvalue weighted by molar-refractivity contribution is 5.89. The van der Waals surface area contributed by atoms with Crippen LogP contribution in [0.15, 0.2) is 30.3 Å². The van der Waals surface area contributed by atoms with Crippen LogP contribution in [0.1, 0.15) is 23.2 Å². The maximum absolute atomic E-state index is 12.0. The van der Waals surface area contributed by atoms with Gasteiger partial charge in [-0.1, -0.05) is 18.2 Å². The lowest BCUT2D eigenvalue weighted by Crippen LogP contribution is -2.27. The molecule has 1 heterocycles. The van der Waals surface area contributed by atoms with E-state index in [1.54, 1.807) is 24.3 Å². The molecular weight excluding hydrogens is 260 g/mol. The Kier molecular flexibility index (Phi) is 3.26. The minimum atomic E-state index is -0.511. The van der Waals surface area contributed by atoms with E-state index in [1.807, 2.05) is 6.07 Å². The van der Waals surface area contributed by atoms with Crippen LogP contribution < -0.4 is 0 Å². The maximum Gasteiger partial charge on any atom is 0.338 e. The van der Waals surface area contributed by atoms with Crippen molar-refractivity contribution < 1.29 is 23.9 Å². The molecule has 2 fully saturated rings. The van der Waals surface area contributed by atoms with E-state index in [0.29, 0.717) is 12.0 Å². The summed E-state index contributed by atoms with van der Waals surface area (Å²) in [6, 6.07) is 8.63. The van der Waals surface area contributed by atoms with Crippen LogP contribution in [-0.4, -0.2) is 30.4 Å². The standard InChI is InChI=1S/C15H14O5/c16-8-11-10-6-14(17)19-12(10)7-13(11)20-15(18)9-4-2-1-3-5-9/h1-5,8,10-13H,6-7H2/t10-,11?,12-,13-/m1/s1. The summed E-state index contributed by atoms with van der Waals surface area (Å²) in [5, 5.41) is 0. The largest absolute Gasteiger partial charge is 0.462 e. The van der Waals surface area contributed by atoms with Gasteiger partial charge in [0.15, 0.2) is 0 Å². The summed E-state index contributed by atoms with van der Waals surface area (Å²) < 4.78 is 10.6. The first-order valence-corrected chi connectivity index (χ1v) is 6.60. The Morgan fingerprint density at radius 2 is 2.05 bits per heavy atom. The molecule has 1 saturated heterocycles. The Balaban J connectivity index is 1.71. The van der Waals surface area contributed by atoms with Crippen LogP contribution in [0.25, 0.3) is 0 Å². The third-order valence-electron chi connectivity index (χ3n) is 3.98. The molecule has 104 valence electrons. The van der Waals surface area contributed by atoms with Gasteiger partial charge in [-0.2, -0.15) is 0 Å². The van der Waals surface area contributed by atoms with Crippen molar-refractivity contribution in [3.8, 4) is 0 Å². The van der Waals surface area contributed by atoms with Gasteiger partial charge in [-0.15, -0.1) is 0 Å². The van der Waals surface area contributed by atoms with Gasteiger partial charge in [-0.25, -0.2) is 4.79 Å². The molecule has 1 saturated carbocycles. The normalized spacial score (nSPS) is 31.5. The lowest BCUT2D eigenvalue weighted by atomic mass is 9.93. The molecular formula is C15H14O5. The number of hydrogen-bond donors (Lipinski definition) is 0. The van der Waals surface area contributed by atoms with E-state index in [4.69, 9.17) is 9.47 Å². The highest BCUT2D eigenvalue weighted by Gasteiger charge is 2.51. The van der Waals surface area contributed by atoms with Crippen molar-refractivity contribution in [3.63, 3.8) is 0 Å². The van der Waals surface area contributed by atoms with E-state index in [0.717, 1.165) is 6.29 Å². The van der Waals surface area contributed by atoms with Crippen LogP contribution in [0.5, 0.6) is 0 Å². The zero-order chi connectivity index (χ0) is 14.1. The first-order valence-electron chi connectivity index (χ1n) is 6.60. The first-order chi connectivity index (χ1) is 9.69. The van der Waals surface area contributed by atoms with Crippen LogP contribution in [0.2, 0.25) is 0 Å². The molecule has 1 aromatic rings. The number of esters is 2. The van der Waals surface area contributed by atoms with Crippen molar-refractivity contribution in [3.05, 3.63) is 35.9 Å². The molecule has 1 aromatic carbocycles. The second-order valence-corrected chi connectivity index (χ2v) is 5.16. The first kappa shape index (κ1) is 12.8. The average Bonchev–Trinajstić information content (AvgIpc) is 2.95.